The summed E-state index contributed by atoms with van der Waals surface area (Å²) in [4.78, 5) is 31.8. The lowest BCUT2D eigenvalue weighted by Gasteiger charge is -2.23. The number of carbonyl (C=O) groups excluding carboxylic acids is 1. The Morgan fingerprint density at radius 2 is 1.38 bits per heavy atom. The normalized spacial score (nSPS) is 13.9. The van der Waals surface area contributed by atoms with E-state index >= 15 is 0 Å². The maximum atomic E-state index is 12.2. The van der Waals surface area contributed by atoms with Gasteiger partial charge in [0, 0.05) is 6.42 Å². The molecule has 0 aliphatic heterocycles. The molecule has 1 amide bonds. The van der Waals surface area contributed by atoms with Crippen LogP contribution in [0.2, 0.25) is 0 Å². The highest BCUT2D eigenvalue weighted by Gasteiger charge is 2.61. The Hall–Kier alpha value is -2.01. The average molecular weight is 325 g/mol. The summed E-state index contributed by atoms with van der Waals surface area (Å²) in [6.07, 6.45) is -13.6. The third kappa shape index (κ3) is 6.31. The molecule has 0 aromatic rings. The zero-order valence-corrected chi connectivity index (χ0v) is 9.96. The van der Waals surface area contributed by atoms with Gasteiger partial charge in [0.15, 0.2) is 0 Å². The molecule has 0 saturated heterocycles. The summed E-state index contributed by atoms with van der Waals surface area (Å²) in [5, 5.41) is 17.9. The van der Waals surface area contributed by atoms with Gasteiger partial charge in [0.05, 0.1) is 0 Å². The molecule has 12 heteroatoms. The second-order valence-corrected chi connectivity index (χ2v) is 3.85. The van der Waals surface area contributed by atoms with Crippen LogP contribution in [0.25, 0.3) is 0 Å². The summed E-state index contributed by atoms with van der Waals surface area (Å²) in [7, 11) is 0. The van der Waals surface area contributed by atoms with Crippen LogP contribution in [0.5, 0.6) is 0 Å². The van der Waals surface area contributed by atoms with Crippen molar-refractivity contribution in [1.29, 1.82) is 0 Å². The maximum Gasteiger partial charge on any atom is 0.409 e. The third-order valence-electron chi connectivity index (χ3n) is 2.18. The van der Waals surface area contributed by atoms with Crippen LogP contribution in [0.3, 0.4) is 0 Å². The van der Waals surface area contributed by atoms with E-state index in [2.05, 4.69) is 0 Å². The molecule has 0 aromatic heterocycles. The number of carbonyl (C=O) groups is 3. The minimum Gasteiger partial charge on any atom is -0.481 e. The Bertz CT molecular complexity index is 404. The van der Waals surface area contributed by atoms with E-state index in [1.165, 1.54) is 0 Å². The van der Waals surface area contributed by atoms with Crippen LogP contribution in [0, 0.1) is 5.92 Å². The molecule has 0 aromatic carbocycles. The van der Waals surface area contributed by atoms with Crippen LogP contribution in [-0.2, 0) is 14.4 Å². The van der Waals surface area contributed by atoms with Crippen molar-refractivity contribution in [2.75, 3.05) is 0 Å². The lowest BCUT2D eigenvalue weighted by molar-refractivity contribution is -0.274. The Balaban J connectivity index is 5.10. The third-order valence-corrected chi connectivity index (χ3v) is 2.18. The summed E-state index contributed by atoms with van der Waals surface area (Å²) in [6, 6.07) is -2.18. The molecule has 0 saturated carbocycles. The highest BCUT2D eigenvalue weighted by molar-refractivity contribution is 5.86. The molecule has 3 N–H and O–H groups in total. The maximum absolute atomic E-state index is 12.2. The molecule has 0 heterocycles. The van der Waals surface area contributed by atoms with Crippen LogP contribution >= 0.6 is 0 Å². The van der Waals surface area contributed by atoms with Crippen LogP contribution in [-0.4, -0.2) is 46.5 Å². The van der Waals surface area contributed by atoms with Crippen LogP contribution in [0.1, 0.15) is 12.8 Å². The largest absolute Gasteiger partial charge is 0.481 e. The van der Waals surface area contributed by atoms with E-state index in [1.54, 1.807) is 0 Å². The van der Waals surface area contributed by atoms with Gasteiger partial charge in [0.2, 0.25) is 11.8 Å². The molecular weight excluding hydrogens is 316 g/mol. The fraction of sp³-hybridized carbons (Fsp3) is 0.667. The molecule has 1 atom stereocenters. The van der Waals surface area contributed by atoms with Crippen molar-refractivity contribution < 1.29 is 50.9 Å². The number of aliphatic carboxylic acids is 2. The van der Waals surface area contributed by atoms with E-state index in [0.29, 0.717) is 0 Å². The smallest absolute Gasteiger partial charge is 0.409 e. The second kappa shape index (κ2) is 6.63. The number of hydrogen-bond acceptors (Lipinski definition) is 3. The van der Waals surface area contributed by atoms with Crippen molar-refractivity contribution in [2.45, 2.75) is 31.2 Å². The van der Waals surface area contributed by atoms with E-state index in [1.807, 2.05) is 0 Å². The molecule has 0 rings (SSSR count). The van der Waals surface area contributed by atoms with Gasteiger partial charge in [-0.25, -0.2) is 4.79 Å². The van der Waals surface area contributed by atoms with E-state index in [9.17, 15) is 40.7 Å². The van der Waals surface area contributed by atoms with Crippen LogP contribution in [0.4, 0.5) is 26.3 Å². The predicted molar refractivity (Wildman–Crippen MR) is 52.0 cm³/mol. The summed E-state index contributed by atoms with van der Waals surface area (Å²) in [5.74, 6) is -10.5. The predicted octanol–water partition coefficient (Wildman–Crippen LogP) is 1.16. The molecule has 0 bridgehead atoms. The van der Waals surface area contributed by atoms with Gasteiger partial charge in [0.25, 0.3) is 0 Å². The first-order valence-electron chi connectivity index (χ1n) is 5.15. The van der Waals surface area contributed by atoms with Crippen LogP contribution < -0.4 is 5.32 Å². The number of carboxylic acid groups (broad SMARTS) is 2. The minimum absolute atomic E-state index is 0.861. The zero-order valence-electron chi connectivity index (χ0n) is 9.96. The van der Waals surface area contributed by atoms with Crippen molar-refractivity contribution in [2.24, 2.45) is 5.92 Å². The Kier molecular flexibility index (Phi) is 5.99. The topological polar surface area (TPSA) is 104 Å². The fourth-order valence-corrected chi connectivity index (χ4v) is 1.26. The van der Waals surface area contributed by atoms with Gasteiger partial charge in [-0.15, -0.1) is 0 Å². The lowest BCUT2D eigenvalue weighted by Crippen LogP contribution is -2.52. The highest BCUT2D eigenvalue weighted by atomic mass is 19.4. The Morgan fingerprint density at radius 3 is 1.67 bits per heavy atom. The van der Waals surface area contributed by atoms with Crippen LogP contribution in [0.15, 0.2) is 0 Å². The molecule has 0 unspecified atom stereocenters. The lowest BCUT2D eigenvalue weighted by atomic mass is 10.1. The SMILES string of the molecule is O=C(O)CC[C@H](NC(=O)C(C(F)(F)F)C(F)(F)F)C(=O)O. The molecule has 6 nitrogen and oxygen atoms in total. The van der Waals surface area contributed by atoms with Gasteiger partial charge >= 0.3 is 24.3 Å². The van der Waals surface area contributed by atoms with Crippen molar-refractivity contribution >= 4 is 17.8 Å². The Labute approximate surface area is 112 Å². The number of alkyl halides is 6. The summed E-state index contributed by atoms with van der Waals surface area (Å²) in [5.41, 5.74) is 0. The molecular formula is C9H9F6NO5. The summed E-state index contributed by atoms with van der Waals surface area (Å²) in [6.45, 7) is 0. The van der Waals surface area contributed by atoms with E-state index in [-0.39, 0.29) is 0 Å². The first kappa shape index (κ1) is 19.0. The van der Waals surface area contributed by atoms with E-state index in [4.69, 9.17) is 10.2 Å². The summed E-state index contributed by atoms with van der Waals surface area (Å²) >= 11 is 0. The molecule has 122 valence electrons. The van der Waals surface area contributed by atoms with Gasteiger partial charge in [-0.3, -0.25) is 9.59 Å². The molecule has 0 fully saturated rings. The van der Waals surface area contributed by atoms with Gasteiger partial charge in [-0.1, -0.05) is 0 Å². The molecule has 0 radical (unpaired) electrons. The quantitative estimate of drug-likeness (QED) is 0.636. The van der Waals surface area contributed by atoms with Gasteiger partial charge in [-0.05, 0) is 6.42 Å². The second-order valence-electron chi connectivity index (χ2n) is 3.85. The standard InChI is InChI=1S/C9H9F6NO5/c10-8(11,12)5(9(13,14)15)6(19)16-3(7(20)21)1-2-4(17)18/h3,5H,1-2H2,(H,16,19)(H,17,18)(H,20,21)/t3-/m0/s1. The summed E-state index contributed by atoms with van der Waals surface area (Å²) < 4.78 is 73.3. The molecule has 0 spiro atoms. The first-order valence-corrected chi connectivity index (χ1v) is 5.15. The number of carboxylic acids is 2. The van der Waals surface area contributed by atoms with Gasteiger partial charge in [-0.2, -0.15) is 26.3 Å². The van der Waals surface area contributed by atoms with Gasteiger partial charge in [0.1, 0.15) is 6.04 Å². The Morgan fingerprint density at radius 1 is 0.952 bits per heavy atom. The number of hydrogen-bond donors (Lipinski definition) is 3. The number of amides is 1. The molecule has 0 aliphatic rings. The number of rotatable bonds is 6. The van der Waals surface area contributed by atoms with Crippen molar-refractivity contribution in [3.63, 3.8) is 0 Å². The highest BCUT2D eigenvalue weighted by Crippen LogP contribution is 2.39. The van der Waals surface area contributed by atoms with Crippen molar-refractivity contribution in [3.05, 3.63) is 0 Å². The monoisotopic (exact) mass is 325 g/mol. The zero-order chi connectivity index (χ0) is 17.0. The fourth-order valence-electron chi connectivity index (χ4n) is 1.26. The number of halogens is 6. The first-order chi connectivity index (χ1) is 9.26. The van der Waals surface area contributed by atoms with Gasteiger partial charge < -0.3 is 15.5 Å². The molecule has 21 heavy (non-hydrogen) atoms. The number of nitrogens with one attached hydrogen (secondary N) is 1. The molecule has 0 aliphatic carbocycles. The van der Waals surface area contributed by atoms with Crippen molar-refractivity contribution in [1.82, 2.24) is 5.32 Å². The van der Waals surface area contributed by atoms with E-state index < -0.39 is 55.0 Å². The average Bonchev–Trinajstić information content (AvgIpc) is 2.18. The minimum atomic E-state index is -5.96. The van der Waals surface area contributed by atoms with Crippen molar-refractivity contribution in [3.8, 4) is 0 Å². The van der Waals surface area contributed by atoms with E-state index in [0.717, 1.165) is 5.32 Å².